The molecular formula is C31H48N2O3. The van der Waals surface area contributed by atoms with Crippen LogP contribution in [0.2, 0.25) is 0 Å². The fourth-order valence-corrected chi connectivity index (χ4v) is 3.81. The van der Waals surface area contributed by atoms with Crippen molar-refractivity contribution in [2.75, 3.05) is 6.54 Å². The summed E-state index contributed by atoms with van der Waals surface area (Å²) >= 11 is 0. The number of ether oxygens (including phenoxy) is 1. The van der Waals surface area contributed by atoms with Gasteiger partial charge in [-0.3, -0.25) is 4.79 Å². The summed E-state index contributed by atoms with van der Waals surface area (Å²) in [6.45, 7) is 3.00. The topological polar surface area (TPSA) is 81.4 Å². The lowest BCUT2D eigenvalue weighted by Gasteiger charge is -2.16. The van der Waals surface area contributed by atoms with Crippen molar-refractivity contribution in [1.82, 2.24) is 5.32 Å². The van der Waals surface area contributed by atoms with E-state index < -0.39 is 12.0 Å². The van der Waals surface area contributed by atoms with E-state index >= 15 is 0 Å². The highest BCUT2D eigenvalue weighted by molar-refractivity contribution is 5.91. The lowest BCUT2D eigenvalue weighted by molar-refractivity contribution is -0.149. The summed E-state index contributed by atoms with van der Waals surface area (Å²) in [5.74, 6) is -0.736. The van der Waals surface area contributed by atoms with Crippen LogP contribution in [0.5, 0.6) is 0 Å². The number of esters is 1. The van der Waals surface area contributed by atoms with Gasteiger partial charge in [0.05, 0.1) is 0 Å². The number of amides is 1. The van der Waals surface area contributed by atoms with Crippen molar-refractivity contribution in [2.45, 2.75) is 103 Å². The Morgan fingerprint density at radius 3 is 2.22 bits per heavy atom. The number of hydrogen-bond acceptors (Lipinski definition) is 4. The molecule has 0 heterocycles. The van der Waals surface area contributed by atoms with E-state index in [1.54, 1.807) is 6.08 Å². The Hall–Kier alpha value is -2.66. The van der Waals surface area contributed by atoms with Crippen molar-refractivity contribution in [3.8, 4) is 0 Å². The monoisotopic (exact) mass is 496 g/mol. The molecular weight excluding hydrogens is 448 g/mol. The Bertz CT molecular complexity index is 771. The quantitative estimate of drug-likeness (QED) is 0.0836. The Balaban J connectivity index is 2.27. The second kappa shape index (κ2) is 22.8. The first-order valence-electron chi connectivity index (χ1n) is 13.9. The summed E-state index contributed by atoms with van der Waals surface area (Å²) in [6.07, 6.45) is 26.2. The highest BCUT2D eigenvalue weighted by atomic mass is 16.5. The third-order valence-electron chi connectivity index (χ3n) is 5.96. The van der Waals surface area contributed by atoms with Crippen molar-refractivity contribution in [3.63, 3.8) is 0 Å². The van der Waals surface area contributed by atoms with Crippen LogP contribution in [0.3, 0.4) is 0 Å². The van der Waals surface area contributed by atoms with Gasteiger partial charge in [-0.2, -0.15) is 0 Å². The number of allylic oxidation sites excluding steroid dienone is 5. The van der Waals surface area contributed by atoms with Crippen molar-refractivity contribution in [1.29, 1.82) is 0 Å². The first kappa shape index (κ1) is 31.4. The van der Waals surface area contributed by atoms with Gasteiger partial charge in [-0.15, -0.1) is 0 Å². The van der Waals surface area contributed by atoms with Crippen LogP contribution >= 0.6 is 0 Å². The average Bonchev–Trinajstić information content (AvgIpc) is 2.89. The Morgan fingerprint density at radius 1 is 0.861 bits per heavy atom. The molecule has 0 saturated heterocycles. The number of nitrogens with two attached hydrogens (primary N) is 1. The summed E-state index contributed by atoms with van der Waals surface area (Å²) in [5, 5.41) is 2.77. The molecule has 0 fully saturated rings. The van der Waals surface area contributed by atoms with Crippen LogP contribution in [0, 0.1) is 0 Å². The molecule has 3 N–H and O–H groups in total. The molecule has 200 valence electrons. The molecule has 1 aromatic rings. The zero-order valence-electron chi connectivity index (χ0n) is 22.3. The molecule has 0 aliphatic rings. The van der Waals surface area contributed by atoms with Crippen molar-refractivity contribution in [3.05, 3.63) is 72.4 Å². The maximum Gasteiger partial charge on any atom is 0.328 e. The minimum atomic E-state index is -0.683. The number of nitrogens with one attached hydrogen (secondary N) is 1. The highest BCUT2D eigenvalue weighted by Crippen LogP contribution is 2.11. The molecule has 0 bridgehead atoms. The van der Waals surface area contributed by atoms with Crippen LogP contribution in [0.25, 0.3) is 0 Å². The smallest absolute Gasteiger partial charge is 0.328 e. The normalized spacial score (nSPS) is 12.5. The first-order valence-corrected chi connectivity index (χ1v) is 13.9. The van der Waals surface area contributed by atoms with Gasteiger partial charge in [-0.1, -0.05) is 119 Å². The number of hydrogen-bond donors (Lipinski definition) is 2. The van der Waals surface area contributed by atoms with E-state index in [0.717, 1.165) is 24.8 Å². The molecule has 1 aromatic carbocycles. The van der Waals surface area contributed by atoms with Gasteiger partial charge in [-0.25, -0.2) is 4.79 Å². The zero-order valence-corrected chi connectivity index (χ0v) is 22.3. The predicted molar refractivity (Wildman–Crippen MR) is 150 cm³/mol. The third kappa shape index (κ3) is 17.7. The van der Waals surface area contributed by atoms with Crippen LogP contribution in [0.1, 0.15) is 96.0 Å². The lowest BCUT2D eigenvalue weighted by Crippen LogP contribution is -2.41. The summed E-state index contributed by atoms with van der Waals surface area (Å²) in [5.41, 5.74) is 6.48. The van der Waals surface area contributed by atoms with Gasteiger partial charge in [0.2, 0.25) is 5.91 Å². The van der Waals surface area contributed by atoms with Crippen molar-refractivity contribution >= 4 is 11.9 Å². The standard InChI is InChI=1S/C31H48N2O3/c1-2-3-4-5-6-7-8-9-10-11-12-13-14-15-19-25-30(34)33-29(24-20-21-26-32)31(35)36-27-28-22-17-16-18-23-28/h12-19,22-23,25,29H,2-11,20-21,24,26-27,32H2,1H3,(H,33,34)/t29-/m0/s1. The average molecular weight is 497 g/mol. The van der Waals surface area contributed by atoms with E-state index in [2.05, 4.69) is 18.3 Å². The molecule has 5 nitrogen and oxygen atoms in total. The number of carbonyl (C=O) groups is 2. The predicted octanol–water partition coefficient (Wildman–Crippen LogP) is 6.93. The van der Waals surface area contributed by atoms with E-state index in [4.69, 9.17) is 10.5 Å². The molecule has 0 aliphatic carbocycles. The number of benzene rings is 1. The van der Waals surface area contributed by atoms with E-state index in [1.165, 1.54) is 63.9 Å². The fraction of sp³-hybridized carbons (Fsp3) is 0.548. The van der Waals surface area contributed by atoms with Crippen LogP contribution in [-0.2, 0) is 20.9 Å². The largest absolute Gasteiger partial charge is 0.459 e. The van der Waals surface area contributed by atoms with Gasteiger partial charge in [0, 0.05) is 6.08 Å². The molecule has 5 heteroatoms. The molecule has 1 atom stereocenters. The van der Waals surface area contributed by atoms with Gasteiger partial charge in [-0.05, 0) is 44.2 Å². The van der Waals surface area contributed by atoms with Crippen LogP contribution in [-0.4, -0.2) is 24.5 Å². The van der Waals surface area contributed by atoms with E-state index in [1.807, 2.05) is 48.6 Å². The highest BCUT2D eigenvalue weighted by Gasteiger charge is 2.21. The minimum absolute atomic E-state index is 0.187. The fourth-order valence-electron chi connectivity index (χ4n) is 3.81. The van der Waals surface area contributed by atoms with E-state index in [9.17, 15) is 9.59 Å². The Kier molecular flexibility index (Phi) is 19.9. The number of carbonyl (C=O) groups excluding carboxylic acids is 2. The SMILES string of the molecule is CCCCCCCCCCCC=CC=CC=CC(=O)N[C@@H](CCCCN)C(=O)OCc1ccccc1. The second-order valence-electron chi connectivity index (χ2n) is 9.23. The maximum absolute atomic E-state index is 12.5. The molecule has 0 spiro atoms. The van der Waals surface area contributed by atoms with Crippen LogP contribution in [0.4, 0.5) is 0 Å². The van der Waals surface area contributed by atoms with Crippen molar-refractivity contribution in [2.24, 2.45) is 5.73 Å². The van der Waals surface area contributed by atoms with E-state index in [-0.39, 0.29) is 12.5 Å². The molecule has 0 radical (unpaired) electrons. The molecule has 0 saturated carbocycles. The Labute approximate surface area is 219 Å². The van der Waals surface area contributed by atoms with Crippen LogP contribution < -0.4 is 11.1 Å². The maximum atomic E-state index is 12.5. The molecule has 1 rings (SSSR count). The summed E-state index contributed by atoms with van der Waals surface area (Å²) in [7, 11) is 0. The Morgan fingerprint density at radius 2 is 1.53 bits per heavy atom. The number of unbranched alkanes of at least 4 members (excludes halogenated alkanes) is 10. The van der Waals surface area contributed by atoms with Gasteiger partial charge >= 0.3 is 5.97 Å². The third-order valence-corrected chi connectivity index (χ3v) is 5.96. The van der Waals surface area contributed by atoms with Gasteiger partial charge < -0.3 is 15.8 Å². The summed E-state index contributed by atoms with van der Waals surface area (Å²) in [4.78, 5) is 24.9. The van der Waals surface area contributed by atoms with Gasteiger partial charge in [0.1, 0.15) is 12.6 Å². The molecule has 0 unspecified atom stereocenters. The molecule has 1 amide bonds. The molecule has 36 heavy (non-hydrogen) atoms. The number of rotatable bonds is 21. The molecule has 0 aliphatic heterocycles. The first-order chi connectivity index (χ1) is 17.7. The van der Waals surface area contributed by atoms with E-state index in [0.29, 0.717) is 13.0 Å². The van der Waals surface area contributed by atoms with Gasteiger partial charge in [0.25, 0.3) is 0 Å². The van der Waals surface area contributed by atoms with Gasteiger partial charge in [0.15, 0.2) is 0 Å². The summed E-state index contributed by atoms with van der Waals surface area (Å²) < 4.78 is 5.42. The van der Waals surface area contributed by atoms with Crippen molar-refractivity contribution < 1.29 is 14.3 Å². The molecule has 0 aromatic heterocycles. The minimum Gasteiger partial charge on any atom is -0.459 e. The summed E-state index contributed by atoms with van der Waals surface area (Å²) in [6, 6.07) is 8.82. The van der Waals surface area contributed by atoms with Crippen LogP contribution in [0.15, 0.2) is 66.8 Å². The zero-order chi connectivity index (χ0) is 26.1. The lowest BCUT2D eigenvalue weighted by atomic mass is 10.1. The second-order valence-corrected chi connectivity index (χ2v) is 9.23.